The molecule has 1 heterocycles. The number of benzene rings is 2. The van der Waals surface area contributed by atoms with Crippen molar-refractivity contribution >= 4 is 17.9 Å². The molecular weight excluding hydrogens is 488 g/mol. The van der Waals surface area contributed by atoms with Crippen LogP contribution < -0.4 is 14.2 Å². The molecule has 3 aromatic rings. The van der Waals surface area contributed by atoms with Crippen molar-refractivity contribution in [2.75, 3.05) is 0 Å². The van der Waals surface area contributed by atoms with Crippen LogP contribution in [-0.4, -0.2) is 17.9 Å². The van der Waals surface area contributed by atoms with Crippen molar-refractivity contribution in [1.29, 1.82) is 0 Å². The topological polar surface area (TPSA) is 101 Å². The Morgan fingerprint density at radius 3 is 1.76 bits per heavy atom. The third-order valence-electron chi connectivity index (χ3n) is 4.86. The van der Waals surface area contributed by atoms with Gasteiger partial charge in [0.2, 0.25) is 0 Å². The summed E-state index contributed by atoms with van der Waals surface area (Å²) in [6.45, 7) is 15.2. The molecule has 0 aliphatic carbocycles. The summed E-state index contributed by atoms with van der Waals surface area (Å²) >= 11 is 0. The maximum atomic E-state index is 12.1. The molecule has 1 aromatic heterocycles. The predicted octanol–water partition coefficient (Wildman–Crippen LogP) is 6.55. The summed E-state index contributed by atoms with van der Waals surface area (Å²) < 4.78 is 26.9. The van der Waals surface area contributed by atoms with Crippen molar-refractivity contribution in [1.82, 2.24) is 0 Å². The van der Waals surface area contributed by atoms with Crippen LogP contribution in [0.5, 0.6) is 17.2 Å². The van der Waals surface area contributed by atoms with Gasteiger partial charge < -0.3 is 23.4 Å². The van der Waals surface area contributed by atoms with E-state index in [-0.39, 0.29) is 28.2 Å². The summed E-state index contributed by atoms with van der Waals surface area (Å²) in [7, 11) is 0. The second-order valence-electron chi connectivity index (χ2n) is 8.27. The van der Waals surface area contributed by atoms with E-state index in [4.69, 9.17) is 23.4 Å². The van der Waals surface area contributed by atoms with Crippen molar-refractivity contribution in [2.45, 2.75) is 20.8 Å². The molecule has 0 amide bonds. The van der Waals surface area contributed by atoms with Crippen molar-refractivity contribution < 1.29 is 37.7 Å². The Kier molecular flexibility index (Phi) is 8.84. The molecule has 0 saturated carbocycles. The zero-order valence-corrected chi connectivity index (χ0v) is 21.2. The van der Waals surface area contributed by atoms with E-state index in [0.717, 1.165) is 11.8 Å². The molecule has 38 heavy (non-hydrogen) atoms. The van der Waals surface area contributed by atoms with Gasteiger partial charge in [0.15, 0.2) is 11.5 Å². The SMILES string of the molecule is C=C(C)C(=O)O/C=C\Oc1ccc(-c2ccc(-c3ccc(OC(=O)C(=C)C)c(OC(=O)C(=C)C)c3)o2)cc1. The van der Waals surface area contributed by atoms with Crippen LogP contribution in [0.4, 0.5) is 0 Å². The summed E-state index contributed by atoms with van der Waals surface area (Å²) in [5.41, 5.74) is 2.03. The van der Waals surface area contributed by atoms with Crippen molar-refractivity contribution in [3.05, 3.63) is 104 Å². The Balaban J connectivity index is 1.78. The number of hydrogen-bond donors (Lipinski definition) is 0. The number of rotatable bonds is 10. The fourth-order valence-corrected chi connectivity index (χ4v) is 2.84. The minimum Gasteiger partial charge on any atom is -0.462 e. The Labute approximate surface area is 220 Å². The van der Waals surface area contributed by atoms with Gasteiger partial charge in [0.1, 0.15) is 29.8 Å². The van der Waals surface area contributed by atoms with Gasteiger partial charge in [-0.3, -0.25) is 0 Å². The van der Waals surface area contributed by atoms with E-state index < -0.39 is 17.9 Å². The minimum atomic E-state index is -0.666. The average molecular weight is 515 g/mol. The van der Waals surface area contributed by atoms with Crippen LogP contribution in [0.1, 0.15) is 20.8 Å². The van der Waals surface area contributed by atoms with Gasteiger partial charge in [0.05, 0.1) is 0 Å². The highest BCUT2D eigenvalue weighted by Gasteiger charge is 2.17. The fraction of sp³-hybridized carbons (Fsp3) is 0.100. The molecule has 0 saturated heterocycles. The molecule has 0 fully saturated rings. The van der Waals surface area contributed by atoms with Crippen LogP contribution in [0.25, 0.3) is 22.6 Å². The summed E-state index contributed by atoms with van der Waals surface area (Å²) in [5.74, 6) is -0.176. The summed E-state index contributed by atoms with van der Waals surface area (Å²) in [6, 6.07) is 15.3. The first-order valence-electron chi connectivity index (χ1n) is 11.3. The van der Waals surface area contributed by atoms with Crippen LogP contribution >= 0.6 is 0 Å². The van der Waals surface area contributed by atoms with Crippen LogP contribution in [0.2, 0.25) is 0 Å². The molecule has 0 atom stereocenters. The molecular formula is C30H26O8. The molecule has 8 nitrogen and oxygen atoms in total. The van der Waals surface area contributed by atoms with E-state index in [1.807, 2.05) is 0 Å². The van der Waals surface area contributed by atoms with Crippen molar-refractivity contribution in [3.63, 3.8) is 0 Å². The lowest BCUT2D eigenvalue weighted by molar-refractivity contribution is -0.133. The van der Waals surface area contributed by atoms with E-state index in [0.29, 0.717) is 22.8 Å². The molecule has 0 unspecified atom stereocenters. The van der Waals surface area contributed by atoms with E-state index in [1.165, 1.54) is 32.2 Å². The number of carbonyl (C=O) groups is 3. The Morgan fingerprint density at radius 1 is 0.658 bits per heavy atom. The van der Waals surface area contributed by atoms with Crippen LogP contribution in [0.3, 0.4) is 0 Å². The highest BCUT2D eigenvalue weighted by atomic mass is 16.6. The molecule has 0 N–H and O–H groups in total. The van der Waals surface area contributed by atoms with Gasteiger partial charge in [-0.1, -0.05) is 19.7 Å². The molecule has 0 aliphatic rings. The Bertz CT molecular complexity index is 1440. The molecule has 0 radical (unpaired) electrons. The Hall–Kier alpha value is -5.11. The van der Waals surface area contributed by atoms with E-state index in [9.17, 15) is 14.4 Å². The van der Waals surface area contributed by atoms with Gasteiger partial charge in [-0.25, -0.2) is 14.4 Å². The highest BCUT2D eigenvalue weighted by Crippen LogP contribution is 2.36. The lowest BCUT2D eigenvalue weighted by atomic mass is 10.1. The van der Waals surface area contributed by atoms with Gasteiger partial charge in [0, 0.05) is 27.8 Å². The minimum absolute atomic E-state index is 0.0338. The van der Waals surface area contributed by atoms with Gasteiger partial charge in [0.25, 0.3) is 0 Å². The summed E-state index contributed by atoms with van der Waals surface area (Å²) in [4.78, 5) is 35.5. The number of esters is 3. The second kappa shape index (κ2) is 12.2. The first-order chi connectivity index (χ1) is 18.0. The largest absolute Gasteiger partial charge is 0.462 e. The van der Waals surface area contributed by atoms with Crippen molar-refractivity contribution in [3.8, 4) is 39.9 Å². The second-order valence-corrected chi connectivity index (χ2v) is 8.27. The van der Waals surface area contributed by atoms with E-state index in [1.54, 1.807) is 49.4 Å². The van der Waals surface area contributed by atoms with Crippen molar-refractivity contribution in [2.24, 2.45) is 0 Å². The number of ether oxygens (including phenoxy) is 4. The standard InChI is InChI=1S/C30H26O8/c1-18(2)28(31)35-16-15-34-23-10-7-21(8-11-23)24-13-14-25(36-24)22-9-12-26(37-29(32)19(3)4)27(17-22)38-30(33)20(5)6/h7-17H,1,3,5H2,2,4,6H3/b16-15-. The van der Waals surface area contributed by atoms with Gasteiger partial charge in [-0.2, -0.15) is 0 Å². The smallest absolute Gasteiger partial charge is 0.338 e. The number of carbonyl (C=O) groups excluding carboxylic acids is 3. The fourth-order valence-electron chi connectivity index (χ4n) is 2.84. The molecule has 2 aromatic carbocycles. The number of hydrogen-bond acceptors (Lipinski definition) is 8. The first kappa shape index (κ1) is 27.5. The molecule has 0 bridgehead atoms. The summed E-state index contributed by atoms with van der Waals surface area (Å²) in [5, 5.41) is 0. The third kappa shape index (κ3) is 7.20. The zero-order chi connectivity index (χ0) is 27.8. The van der Waals surface area contributed by atoms with Crippen LogP contribution in [0.15, 0.2) is 108 Å². The third-order valence-corrected chi connectivity index (χ3v) is 4.86. The average Bonchev–Trinajstić information content (AvgIpc) is 3.38. The maximum Gasteiger partial charge on any atom is 0.338 e. The van der Waals surface area contributed by atoms with Crippen LogP contribution in [0, 0.1) is 0 Å². The Morgan fingerprint density at radius 2 is 1.18 bits per heavy atom. The normalized spacial score (nSPS) is 10.5. The van der Waals surface area contributed by atoms with Gasteiger partial charge >= 0.3 is 17.9 Å². The van der Waals surface area contributed by atoms with Gasteiger partial charge in [-0.05, 0) is 75.4 Å². The van der Waals surface area contributed by atoms with E-state index in [2.05, 4.69) is 19.7 Å². The predicted molar refractivity (Wildman–Crippen MR) is 141 cm³/mol. The molecule has 8 heteroatoms. The summed E-state index contributed by atoms with van der Waals surface area (Å²) in [6.07, 6.45) is 2.38. The lowest BCUT2D eigenvalue weighted by Gasteiger charge is -2.12. The maximum absolute atomic E-state index is 12.1. The van der Waals surface area contributed by atoms with Crippen LogP contribution in [-0.2, 0) is 19.1 Å². The van der Waals surface area contributed by atoms with E-state index >= 15 is 0 Å². The quantitative estimate of drug-likeness (QED) is 0.130. The molecule has 3 rings (SSSR count). The molecule has 194 valence electrons. The molecule has 0 spiro atoms. The first-order valence-corrected chi connectivity index (χ1v) is 11.3. The zero-order valence-electron chi connectivity index (χ0n) is 21.2. The molecule has 0 aliphatic heterocycles. The number of furan rings is 1. The lowest BCUT2D eigenvalue weighted by Crippen LogP contribution is -2.12. The monoisotopic (exact) mass is 514 g/mol. The highest BCUT2D eigenvalue weighted by molar-refractivity contribution is 5.91. The van der Waals surface area contributed by atoms with Gasteiger partial charge in [-0.15, -0.1) is 0 Å².